The summed E-state index contributed by atoms with van der Waals surface area (Å²) < 4.78 is 0. The molecule has 0 heterocycles. The molecule has 2 rings (SSSR count). The Bertz CT molecular complexity index is 351. The molecule has 20 heavy (non-hydrogen) atoms. The quantitative estimate of drug-likeness (QED) is 0.674. The van der Waals surface area contributed by atoms with Gasteiger partial charge < -0.3 is 16.8 Å². The Morgan fingerprint density at radius 1 is 0.900 bits per heavy atom. The maximum Gasteiger partial charge on any atom is 0.224 e. The van der Waals surface area contributed by atoms with Crippen molar-refractivity contribution in [3.8, 4) is 0 Å². The highest BCUT2D eigenvalue weighted by Crippen LogP contribution is 2.26. The van der Waals surface area contributed by atoms with E-state index < -0.39 is 0 Å². The monoisotopic (exact) mass is 281 g/mol. The van der Waals surface area contributed by atoms with Gasteiger partial charge in [0.25, 0.3) is 0 Å². The van der Waals surface area contributed by atoms with E-state index in [-0.39, 0.29) is 35.7 Å². The Labute approximate surface area is 120 Å². The second kappa shape index (κ2) is 7.07. The fraction of sp³-hybridized carbons (Fsp3) is 0.867. The zero-order valence-electron chi connectivity index (χ0n) is 12.1. The van der Waals surface area contributed by atoms with E-state index in [1.165, 1.54) is 6.42 Å². The van der Waals surface area contributed by atoms with Gasteiger partial charge in [-0.3, -0.25) is 9.59 Å². The van der Waals surface area contributed by atoms with Crippen LogP contribution >= 0.6 is 0 Å². The number of primary amides is 1. The zero-order valence-corrected chi connectivity index (χ0v) is 12.1. The van der Waals surface area contributed by atoms with Gasteiger partial charge in [-0.1, -0.05) is 19.3 Å². The van der Waals surface area contributed by atoms with Crippen molar-refractivity contribution in [1.82, 2.24) is 5.32 Å². The molecule has 2 unspecified atom stereocenters. The topological polar surface area (TPSA) is 98.2 Å². The van der Waals surface area contributed by atoms with Gasteiger partial charge in [0.05, 0.1) is 5.92 Å². The van der Waals surface area contributed by atoms with Crippen molar-refractivity contribution in [3.63, 3.8) is 0 Å². The first-order chi connectivity index (χ1) is 9.58. The van der Waals surface area contributed by atoms with Crippen molar-refractivity contribution in [1.29, 1.82) is 0 Å². The lowest BCUT2D eigenvalue weighted by Gasteiger charge is -2.29. The van der Waals surface area contributed by atoms with E-state index in [9.17, 15) is 9.59 Å². The van der Waals surface area contributed by atoms with Crippen LogP contribution < -0.4 is 16.8 Å². The molecule has 114 valence electrons. The first kappa shape index (κ1) is 15.3. The number of hydrogen-bond acceptors (Lipinski definition) is 3. The SMILES string of the molecule is NC(=O)C1CCC(NC(=O)C2CCCCCC2N)CC1. The molecule has 0 aromatic carbocycles. The van der Waals surface area contributed by atoms with Crippen molar-refractivity contribution in [2.24, 2.45) is 23.3 Å². The minimum atomic E-state index is -0.208. The maximum absolute atomic E-state index is 12.4. The summed E-state index contributed by atoms with van der Waals surface area (Å²) >= 11 is 0. The Morgan fingerprint density at radius 2 is 1.55 bits per heavy atom. The number of hydrogen-bond donors (Lipinski definition) is 3. The Kier molecular flexibility index (Phi) is 5.40. The van der Waals surface area contributed by atoms with Crippen LogP contribution in [0.4, 0.5) is 0 Å². The van der Waals surface area contributed by atoms with E-state index in [1.54, 1.807) is 0 Å². The van der Waals surface area contributed by atoms with Crippen molar-refractivity contribution in [3.05, 3.63) is 0 Å². The molecule has 0 bridgehead atoms. The molecule has 2 amide bonds. The largest absolute Gasteiger partial charge is 0.369 e. The van der Waals surface area contributed by atoms with Crippen LogP contribution in [0.15, 0.2) is 0 Å². The highest BCUT2D eigenvalue weighted by atomic mass is 16.2. The van der Waals surface area contributed by atoms with Crippen molar-refractivity contribution >= 4 is 11.8 Å². The summed E-state index contributed by atoms with van der Waals surface area (Å²) in [5.41, 5.74) is 11.4. The Morgan fingerprint density at radius 3 is 2.20 bits per heavy atom. The molecule has 0 saturated heterocycles. The van der Waals surface area contributed by atoms with Crippen molar-refractivity contribution in [2.45, 2.75) is 69.9 Å². The van der Waals surface area contributed by atoms with Crippen LogP contribution in [0, 0.1) is 11.8 Å². The van der Waals surface area contributed by atoms with Gasteiger partial charge in [0.15, 0.2) is 0 Å². The predicted molar refractivity (Wildman–Crippen MR) is 77.6 cm³/mol. The van der Waals surface area contributed by atoms with Gasteiger partial charge in [0.2, 0.25) is 11.8 Å². The zero-order chi connectivity index (χ0) is 14.5. The van der Waals surface area contributed by atoms with Crippen molar-refractivity contribution < 1.29 is 9.59 Å². The number of rotatable bonds is 3. The highest BCUT2D eigenvalue weighted by Gasteiger charge is 2.30. The minimum absolute atomic E-state index is 0.000501. The number of nitrogens with two attached hydrogens (primary N) is 2. The molecule has 5 N–H and O–H groups in total. The first-order valence-corrected chi connectivity index (χ1v) is 7.93. The van der Waals surface area contributed by atoms with Gasteiger partial charge in [0.1, 0.15) is 0 Å². The fourth-order valence-corrected chi connectivity index (χ4v) is 3.49. The predicted octanol–water partition coefficient (Wildman–Crippen LogP) is 1.05. The first-order valence-electron chi connectivity index (χ1n) is 7.93. The van der Waals surface area contributed by atoms with E-state index in [4.69, 9.17) is 11.5 Å². The molecule has 2 aliphatic rings. The average molecular weight is 281 g/mol. The van der Waals surface area contributed by atoms with Gasteiger partial charge in [-0.2, -0.15) is 0 Å². The molecule has 5 heteroatoms. The molecule has 2 atom stereocenters. The standard InChI is InChI=1S/C15H27N3O2/c16-13-5-3-1-2-4-12(13)15(20)18-11-8-6-10(7-9-11)14(17)19/h10-13H,1-9,16H2,(H2,17,19)(H,18,20). The number of nitrogens with one attached hydrogen (secondary N) is 1. The summed E-state index contributed by atoms with van der Waals surface area (Å²) in [6, 6.07) is 0.188. The van der Waals surface area contributed by atoms with Crippen LogP contribution in [0.2, 0.25) is 0 Å². The van der Waals surface area contributed by atoms with Crippen LogP contribution in [0.25, 0.3) is 0 Å². The molecule has 0 radical (unpaired) electrons. The van der Waals surface area contributed by atoms with Crippen LogP contribution in [0.1, 0.15) is 57.8 Å². The lowest BCUT2D eigenvalue weighted by molar-refractivity contribution is -0.127. The van der Waals surface area contributed by atoms with Crippen LogP contribution in [0.5, 0.6) is 0 Å². The molecular weight excluding hydrogens is 254 g/mol. The summed E-state index contributed by atoms with van der Waals surface area (Å²) in [5, 5.41) is 3.14. The van der Waals surface area contributed by atoms with E-state index in [0.29, 0.717) is 0 Å². The third kappa shape index (κ3) is 3.95. The highest BCUT2D eigenvalue weighted by molar-refractivity contribution is 5.80. The summed E-state index contributed by atoms with van der Waals surface area (Å²) in [4.78, 5) is 23.5. The summed E-state index contributed by atoms with van der Waals surface area (Å²) in [7, 11) is 0. The van der Waals surface area contributed by atoms with Crippen LogP contribution in [-0.2, 0) is 9.59 Å². The maximum atomic E-state index is 12.4. The summed E-state index contributed by atoms with van der Waals surface area (Å²) in [6.07, 6.45) is 8.54. The Balaban J connectivity index is 1.81. The average Bonchev–Trinajstić information content (AvgIpc) is 2.64. The van der Waals surface area contributed by atoms with Gasteiger partial charge in [-0.15, -0.1) is 0 Å². The van der Waals surface area contributed by atoms with E-state index in [2.05, 4.69) is 5.32 Å². The molecule has 0 aromatic heterocycles. The molecule has 0 aliphatic heterocycles. The van der Waals surface area contributed by atoms with Crippen LogP contribution in [0.3, 0.4) is 0 Å². The van der Waals surface area contributed by atoms with E-state index in [1.807, 2.05) is 0 Å². The van der Waals surface area contributed by atoms with E-state index in [0.717, 1.165) is 51.4 Å². The van der Waals surface area contributed by atoms with Gasteiger partial charge in [0, 0.05) is 18.0 Å². The molecule has 0 aromatic rings. The lowest BCUT2D eigenvalue weighted by Crippen LogP contribution is -2.46. The third-order valence-electron chi connectivity index (χ3n) is 4.88. The number of carbonyl (C=O) groups excluding carboxylic acids is 2. The summed E-state index contributed by atoms with van der Waals surface area (Å²) in [6.45, 7) is 0. The molecule has 5 nitrogen and oxygen atoms in total. The smallest absolute Gasteiger partial charge is 0.224 e. The molecule has 0 spiro atoms. The molecule has 2 fully saturated rings. The van der Waals surface area contributed by atoms with Crippen LogP contribution in [-0.4, -0.2) is 23.9 Å². The minimum Gasteiger partial charge on any atom is -0.369 e. The third-order valence-corrected chi connectivity index (χ3v) is 4.88. The Hall–Kier alpha value is -1.10. The molecule has 2 saturated carbocycles. The second-order valence-electron chi connectivity index (χ2n) is 6.37. The van der Waals surface area contributed by atoms with Gasteiger partial charge >= 0.3 is 0 Å². The molecular formula is C15H27N3O2. The van der Waals surface area contributed by atoms with Crippen molar-refractivity contribution in [2.75, 3.05) is 0 Å². The van der Waals surface area contributed by atoms with Gasteiger partial charge in [-0.25, -0.2) is 0 Å². The number of amides is 2. The summed E-state index contributed by atoms with van der Waals surface area (Å²) in [5.74, 6) is -0.142. The van der Waals surface area contributed by atoms with E-state index >= 15 is 0 Å². The number of carbonyl (C=O) groups is 2. The lowest BCUT2D eigenvalue weighted by atomic mass is 9.85. The van der Waals surface area contributed by atoms with Gasteiger partial charge in [-0.05, 0) is 38.5 Å². The second-order valence-corrected chi connectivity index (χ2v) is 6.37. The normalized spacial score (nSPS) is 35.0. The fourth-order valence-electron chi connectivity index (χ4n) is 3.49. The molecule has 2 aliphatic carbocycles.